The Hall–Kier alpha value is -0.640. The molecule has 1 fully saturated rings. The Balaban J connectivity index is 2.21. The number of hydrogen-bond acceptors (Lipinski definition) is 3. The van der Waals surface area contributed by atoms with E-state index in [0.29, 0.717) is 6.04 Å². The van der Waals surface area contributed by atoms with Gasteiger partial charge in [0.05, 0.1) is 0 Å². The number of halogens is 1. The molecule has 0 N–H and O–H groups in total. The summed E-state index contributed by atoms with van der Waals surface area (Å²) in [5.41, 5.74) is 0. The molecule has 1 aromatic rings. The van der Waals surface area contributed by atoms with Gasteiger partial charge in [-0.05, 0) is 42.1 Å². The van der Waals surface area contributed by atoms with Gasteiger partial charge in [-0.3, -0.25) is 0 Å². The monoisotopic (exact) mass is 255 g/mol. The topological polar surface area (TPSA) is 29.0 Å². The van der Waals surface area contributed by atoms with Gasteiger partial charge < -0.3 is 4.90 Å². The van der Waals surface area contributed by atoms with Crippen LogP contribution in [-0.4, -0.2) is 23.1 Å². The first-order valence-electron chi connectivity index (χ1n) is 4.91. The predicted octanol–water partition coefficient (Wildman–Crippen LogP) is 2.54. The van der Waals surface area contributed by atoms with Crippen molar-refractivity contribution in [2.45, 2.75) is 32.2 Å². The van der Waals surface area contributed by atoms with Crippen LogP contribution in [0, 0.1) is 6.92 Å². The van der Waals surface area contributed by atoms with E-state index in [-0.39, 0.29) is 0 Å². The first kappa shape index (κ1) is 9.90. The normalized spacial score (nSPS) is 16.5. The van der Waals surface area contributed by atoms with Gasteiger partial charge in [0, 0.05) is 19.2 Å². The van der Waals surface area contributed by atoms with Crippen molar-refractivity contribution in [2.75, 3.05) is 11.9 Å². The van der Waals surface area contributed by atoms with Crippen LogP contribution in [0.25, 0.3) is 0 Å². The van der Waals surface area contributed by atoms with E-state index in [2.05, 4.69) is 37.8 Å². The van der Waals surface area contributed by atoms with Crippen molar-refractivity contribution in [3.8, 4) is 0 Å². The zero-order valence-electron chi connectivity index (χ0n) is 8.50. The maximum absolute atomic E-state index is 4.42. The van der Waals surface area contributed by atoms with Gasteiger partial charge >= 0.3 is 0 Å². The minimum Gasteiger partial charge on any atom is -0.357 e. The zero-order valence-corrected chi connectivity index (χ0v) is 10.1. The van der Waals surface area contributed by atoms with Crippen molar-refractivity contribution in [3.63, 3.8) is 0 Å². The van der Waals surface area contributed by atoms with Gasteiger partial charge in [-0.1, -0.05) is 0 Å². The van der Waals surface area contributed by atoms with E-state index >= 15 is 0 Å². The molecule has 0 unspecified atom stereocenters. The van der Waals surface area contributed by atoms with Crippen molar-refractivity contribution in [2.24, 2.45) is 0 Å². The SMILES string of the molecule is Cc1nc(Br)cc(N(C)C2CCC2)n1. The average molecular weight is 256 g/mol. The van der Waals surface area contributed by atoms with Crippen LogP contribution in [-0.2, 0) is 0 Å². The summed E-state index contributed by atoms with van der Waals surface area (Å²) in [5, 5.41) is 0. The van der Waals surface area contributed by atoms with E-state index in [9.17, 15) is 0 Å². The Bertz CT molecular complexity index is 316. The number of nitrogens with zero attached hydrogens (tertiary/aromatic N) is 3. The summed E-state index contributed by atoms with van der Waals surface area (Å²) < 4.78 is 0.867. The van der Waals surface area contributed by atoms with Crippen LogP contribution in [0.3, 0.4) is 0 Å². The second-order valence-corrected chi connectivity index (χ2v) is 4.60. The van der Waals surface area contributed by atoms with Crippen LogP contribution in [0.4, 0.5) is 5.82 Å². The van der Waals surface area contributed by atoms with Gasteiger partial charge in [-0.2, -0.15) is 0 Å². The van der Waals surface area contributed by atoms with Crippen molar-refractivity contribution in [1.29, 1.82) is 0 Å². The summed E-state index contributed by atoms with van der Waals surface area (Å²) in [5.74, 6) is 1.84. The average Bonchev–Trinajstić information content (AvgIpc) is 1.98. The van der Waals surface area contributed by atoms with Crippen molar-refractivity contribution in [3.05, 3.63) is 16.5 Å². The molecule has 1 aliphatic carbocycles. The quantitative estimate of drug-likeness (QED) is 0.761. The number of anilines is 1. The van der Waals surface area contributed by atoms with Gasteiger partial charge in [0.1, 0.15) is 16.2 Å². The van der Waals surface area contributed by atoms with E-state index in [4.69, 9.17) is 0 Å². The van der Waals surface area contributed by atoms with Crippen molar-refractivity contribution in [1.82, 2.24) is 9.97 Å². The standard InChI is InChI=1S/C10H14BrN3/c1-7-12-9(11)6-10(13-7)14(2)8-4-3-5-8/h6,8H,3-5H2,1-2H3. The van der Waals surface area contributed by atoms with Gasteiger partial charge in [0.15, 0.2) is 0 Å². The van der Waals surface area contributed by atoms with Crippen molar-refractivity contribution >= 4 is 21.7 Å². The van der Waals surface area contributed by atoms with E-state index in [1.165, 1.54) is 19.3 Å². The number of aromatic nitrogens is 2. The summed E-state index contributed by atoms with van der Waals surface area (Å²) in [6.45, 7) is 1.92. The van der Waals surface area contributed by atoms with Crippen LogP contribution in [0.5, 0.6) is 0 Å². The molecule has 0 aromatic carbocycles. The second kappa shape index (κ2) is 3.85. The number of aryl methyl sites for hydroxylation is 1. The lowest BCUT2D eigenvalue weighted by Gasteiger charge is -2.35. The summed E-state index contributed by atoms with van der Waals surface area (Å²) in [4.78, 5) is 10.9. The van der Waals surface area contributed by atoms with Gasteiger partial charge in [0.25, 0.3) is 0 Å². The lowest BCUT2D eigenvalue weighted by atomic mass is 9.92. The predicted molar refractivity (Wildman–Crippen MR) is 60.5 cm³/mol. The molecule has 0 amide bonds. The Morgan fingerprint density at radius 2 is 2.14 bits per heavy atom. The largest absolute Gasteiger partial charge is 0.357 e. The second-order valence-electron chi connectivity index (χ2n) is 3.79. The molecule has 1 saturated carbocycles. The molecule has 1 aliphatic rings. The highest BCUT2D eigenvalue weighted by Gasteiger charge is 2.23. The lowest BCUT2D eigenvalue weighted by molar-refractivity contribution is 0.399. The van der Waals surface area contributed by atoms with Crippen LogP contribution in [0.15, 0.2) is 10.7 Å². The van der Waals surface area contributed by atoms with Crippen LogP contribution in [0.2, 0.25) is 0 Å². The van der Waals surface area contributed by atoms with Crippen molar-refractivity contribution < 1.29 is 0 Å². The highest BCUT2D eigenvalue weighted by atomic mass is 79.9. The Kier molecular flexibility index (Phi) is 2.72. The molecule has 2 rings (SSSR count). The van der Waals surface area contributed by atoms with Gasteiger partial charge in [0.2, 0.25) is 0 Å². The fourth-order valence-corrected chi connectivity index (χ4v) is 2.12. The minimum atomic E-state index is 0.677. The molecular weight excluding hydrogens is 242 g/mol. The molecule has 0 saturated heterocycles. The molecule has 76 valence electrons. The molecule has 0 bridgehead atoms. The first-order valence-corrected chi connectivity index (χ1v) is 5.70. The fraction of sp³-hybridized carbons (Fsp3) is 0.600. The van der Waals surface area contributed by atoms with E-state index in [1.54, 1.807) is 0 Å². The minimum absolute atomic E-state index is 0.677. The summed E-state index contributed by atoms with van der Waals surface area (Å²) in [6, 6.07) is 2.65. The number of rotatable bonds is 2. The molecule has 14 heavy (non-hydrogen) atoms. The zero-order chi connectivity index (χ0) is 10.1. The molecule has 0 spiro atoms. The smallest absolute Gasteiger partial charge is 0.133 e. The van der Waals surface area contributed by atoms with Gasteiger partial charge in [-0.25, -0.2) is 9.97 Å². The third-order valence-corrected chi connectivity index (χ3v) is 3.18. The Labute approximate surface area is 92.7 Å². The molecule has 0 aliphatic heterocycles. The molecule has 0 radical (unpaired) electrons. The van der Waals surface area contributed by atoms with Crippen LogP contribution in [0.1, 0.15) is 25.1 Å². The van der Waals surface area contributed by atoms with E-state index in [1.807, 2.05) is 13.0 Å². The molecular formula is C10H14BrN3. The molecule has 1 heterocycles. The first-order chi connectivity index (χ1) is 6.66. The van der Waals surface area contributed by atoms with Gasteiger partial charge in [-0.15, -0.1) is 0 Å². The third kappa shape index (κ3) is 1.90. The van der Waals surface area contributed by atoms with Crippen LogP contribution < -0.4 is 4.90 Å². The molecule has 0 atom stereocenters. The third-order valence-electron chi connectivity index (χ3n) is 2.78. The Morgan fingerprint density at radius 1 is 1.43 bits per heavy atom. The van der Waals surface area contributed by atoms with E-state index < -0.39 is 0 Å². The summed E-state index contributed by atoms with van der Waals surface area (Å²) in [6.07, 6.45) is 3.93. The highest BCUT2D eigenvalue weighted by Crippen LogP contribution is 2.27. The number of hydrogen-bond donors (Lipinski definition) is 0. The maximum atomic E-state index is 4.42. The van der Waals surface area contributed by atoms with Crippen LogP contribution >= 0.6 is 15.9 Å². The summed E-state index contributed by atoms with van der Waals surface area (Å²) >= 11 is 3.39. The molecule has 3 nitrogen and oxygen atoms in total. The summed E-state index contributed by atoms with van der Waals surface area (Å²) in [7, 11) is 2.11. The molecule has 1 aromatic heterocycles. The highest BCUT2D eigenvalue weighted by molar-refractivity contribution is 9.10. The molecule has 4 heteroatoms. The Morgan fingerprint density at radius 3 is 2.64 bits per heavy atom. The van der Waals surface area contributed by atoms with E-state index in [0.717, 1.165) is 16.2 Å². The lowest BCUT2D eigenvalue weighted by Crippen LogP contribution is -2.37. The fourth-order valence-electron chi connectivity index (χ4n) is 1.66. The maximum Gasteiger partial charge on any atom is 0.133 e.